The summed E-state index contributed by atoms with van der Waals surface area (Å²) in [6.45, 7) is 9.86. The van der Waals surface area contributed by atoms with Crippen LogP contribution >= 0.6 is 0 Å². The lowest BCUT2D eigenvalue weighted by Crippen LogP contribution is -2.32. The third-order valence-electron chi connectivity index (χ3n) is 3.43. The zero-order valence-corrected chi connectivity index (χ0v) is 12.4. The van der Waals surface area contributed by atoms with Crippen LogP contribution in [-0.4, -0.2) is 28.3 Å². The Labute approximate surface area is 104 Å². The van der Waals surface area contributed by atoms with Crippen molar-refractivity contribution in [2.24, 2.45) is 5.92 Å². The van der Waals surface area contributed by atoms with Crippen LogP contribution < -0.4 is 5.32 Å². The van der Waals surface area contributed by atoms with Crippen LogP contribution in [0.4, 0.5) is 0 Å². The van der Waals surface area contributed by atoms with Crippen LogP contribution in [0.5, 0.6) is 0 Å². The third kappa shape index (κ3) is 7.39. The van der Waals surface area contributed by atoms with Crippen molar-refractivity contribution in [1.82, 2.24) is 5.32 Å². The van der Waals surface area contributed by atoms with Gasteiger partial charge in [0.2, 0.25) is 0 Å². The SMILES string of the molecule is CCC(C)CC(CC)NCCC(C)S(C)=O. The number of rotatable bonds is 9. The summed E-state index contributed by atoms with van der Waals surface area (Å²) in [5.74, 6) is 0.801. The van der Waals surface area contributed by atoms with Gasteiger partial charge in [-0.2, -0.15) is 0 Å². The fraction of sp³-hybridized carbons (Fsp3) is 1.00. The van der Waals surface area contributed by atoms with Crippen LogP contribution in [0.1, 0.15) is 53.4 Å². The molecular formula is C13H29NOS. The van der Waals surface area contributed by atoms with Crippen molar-refractivity contribution in [3.63, 3.8) is 0 Å². The lowest BCUT2D eigenvalue weighted by molar-refractivity contribution is 0.383. The number of hydrogen-bond acceptors (Lipinski definition) is 2. The summed E-state index contributed by atoms with van der Waals surface area (Å²) in [4.78, 5) is 0. The standard InChI is InChI=1S/C13H29NOS/c1-6-11(3)10-13(7-2)14-9-8-12(4)16(5)15/h11-14H,6-10H2,1-5H3. The smallest absolute Gasteiger partial charge is 0.0329 e. The number of nitrogens with one attached hydrogen (secondary N) is 1. The molecule has 0 heterocycles. The molecule has 0 saturated heterocycles. The van der Waals surface area contributed by atoms with Crippen LogP contribution in [0.15, 0.2) is 0 Å². The first-order valence-corrected chi connectivity index (χ1v) is 8.18. The summed E-state index contributed by atoms with van der Waals surface area (Å²) < 4.78 is 11.2. The minimum atomic E-state index is -0.679. The molecule has 0 saturated carbocycles. The van der Waals surface area contributed by atoms with E-state index in [4.69, 9.17) is 0 Å². The maximum absolute atomic E-state index is 11.2. The summed E-state index contributed by atoms with van der Waals surface area (Å²) in [6, 6.07) is 0.632. The highest BCUT2D eigenvalue weighted by Gasteiger charge is 2.11. The maximum atomic E-state index is 11.2. The predicted octanol–water partition coefficient (Wildman–Crippen LogP) is 2.95. The second kappa shape index (κ2) is 9.17. The Balaban J connectivity index is 3.74. The highest BCUT2D eigenvalue weighted by atomic mass is 32.2. The molecule has 16 heavy (non-hydrogen) atoms. The molecular weight excluding hydrogens is 218 g/mol. The number of hydrogen-bond donors (Lipinski definition) is 1. The van der Waals surface area contributed by atoms with E-state index in [1.54, 1.807) is 6.26 Å². The molecule has 98 valence electrons. The first-order valence-electron chi connectivity index (χ1n) is 6.56. The molecule has 0 rings (SSSR count). The first-order chi connectivity index (χ1) is 7.51. The van der Waals surface area contributed by atoms with Gasteiger partial charge in [0.1, 0.15) is 0 Å². The summed E-state index contributed by atoms with van der Waals surface area (Å²) in [5, 5.41) is 3.90. The molecule has 0 aliphatic heterocycles. The molecule has 0 amide bonds. The Morgan fingerprint density at radius 3 is 2.25 bits per heavy atom. The van der Waals surface area contributed by atoms with E-state index in [0.717, 1.165) is 18.9 Å². The van der Waals surface area contributed by atoms with Gasteiger partial charge in [0, 0.05) is 28.3 Å². The molecule has 0 spiro atoms. The van der Waals surface area contributed by atoms with Gasteiger partial charge >= 0.3 is 0 Å². The van der Waals surface area contributed by atoms with E-state index in [-0.39, 0.29) is 0 Å². The summed E-state index contributed by atoms with van der Waals surface area (Å²) in [6.07, 6.45) is 6.51. The monoisotopic (exact) mass is 247 g/mol. The van der Waals surface area contributed by atoms with Crippen molar-refractivity contribution < 1.29 is 4.21 Å². The quantitative estimate of drug-likeness (QED) is 0.679. The van der Waals surface area contributed by atoms with Crippen LogP contribution in [0.25, 0.3) is 0 Å². The van der Waals surface area contributed by atoms with E-state index in [2.05, 4.69) is 33.0 Å². The third-order valence-corrected chi connectivity index (χ3v) is 4.80. The van der Waals surface area contributed by atoms with Crippen molar-refractivity contribution in [2.75, 3.05) is 12.8 Å². The van der Waals surface area contributed by atoms with E-state index < -0.39 is 10.8 Å². The van der Waals surface area contributed by atoms with Gasteiger partial charge in [-0.1, -0.05) is 34.1 Å². The Bertz CT molecular complexity index is 196. The first kappa shape index (κ1) is 16.1. The van der Waals surface area contributed by atoms with Gasteiger partial charge in [-0.3, -0.25) is 4.21 Å². The zero-order valence-electron chi connectivity index (χ0n) is 11.6. The van der Waals surface area contributed by atoms with E-state index in [0.29, 0.717) is 11.3 Å². The average Bonchev–Trinajstić information content (AvgIpc) is 2.26. The molecule has 2 nitrogen and oxygen atoms in total. The van der Waals surface area contributed by atoms with Gasteiger partial charge in [-0.25, -0.2) is 0 Å². The van der Waals surface area contributed by atoms with Gasteiger partial charge in [0.25, 0.3) is 0 Å². The topological polar surface area (TPSA) is 29.1 Å². The molecule has 0 aliphatic carbocycles. The Morgan fingerprint density at radius 2 is 1.81 bits per heavy atom. The van der Waals surface area contributed by atoms with E-state index in [1.165, 1.54) is 19.3 Å². The van der Waals surface area contributed by atoms with Crippen molar-refractivity contribution in [2.45, 2.75) is 64.7 Å². The Morgan fingerprint density at radius 1 is 1.19 bits per heavy atom. The van der Waals surface area contributed by atoms with Crippen LogP contribution in [0.3, 0.4) is 0 Å². The molecule has 0 radical (unpaired) electrons. The lowest BCUT2D eigenvalue weighted by Gasteiger charge is -2.21. The molecule has 0 aromatic rings. The van der Waals surface area contributed by atoms with Crippen molar-refractivity contribution in [1.29, 1.82) is 0 Å². The molecule has 0 aromatic heterocycles. The second-order valence-electron chi connectivity index (χ2n) is 4.91. The molecule has 0 bridgehead atoms. The normalized spacial score (nSPS) is 19.1. The molecule has 0 aromatic carbocycles. The second-order valence-corrected chi connectivity index (χ2v) is 6.71. The minimum Gasteiger partial charge on any atom is -0.314 e. The van der Waals surface area contributed by atoms with Gasteiger partial charge in [0.15, 0.2) is 0 Å². The minimum absolute atomic E-state index is 0.314. The lowest BCUT2D eigenvalue weighted by atomic mass is 9.98. The summed E-state index contributed by atoms with van der Waals surface area (Å²) in [7, 11) is -0.679. The van der Waals surface area contributed by atoms with E-state index >= 15 is 0 Å². The largest absolute Gasteiger partial charge is 0.314 e. The molecule has 0 aliphatic rings. The highest BCUT2D eigenvalue weighted by Crippen LogP contribution is 2.12. The summed E-state index contributed by atoms with van der Waals surface area (Å²) in [5.41, 5.74) is 0. The van der Waals surface area contributed by atoms with Crippen molar-refractivity contribution >= 4 is 10.8 Å². The molecule has 0 fully saturated rings. The van der Waals surface area contributed by atoms with Gasteiger partial charge in [0.05, 0.1) is 0 Å². The van der Waals surface area contributed by atoms with Crippen LogP contribution in [0, 0.1) is 5.92 Å². The van der Waals surface area contributed by atoms with Gasteiger partial charge in [-0.05, 0) is 31.7 Å². The predicted molar refractivity (Wildman–Crippen MR) is 74.3 cm³/mol. The molecule has 4 atom stereocenters. The van der Waals surface area contributed by atoms with E-state index in [9.17, 15) is 4.21 Å². The fourth-order valence-corrected chi connectivity index (χ4v) is 2.15. The van der Waals surface area contributed by atoms with Crippen molar-refractivity contribution in [3.8, 4) is 0 Å². The molecule has 4 unspecified atom stereocenters. The van der Waals surface area contributed by atoms with Gasteiger partial charge in [-0.15, -0.1) is 0 Å². The average molecular weight is 247 g/mol. The fourth-order valence-electron chi connectivity index (χ4n) is 1.70. The van der Waals surface area contributed by atoms with Crippen LogP contribution in [0.2, 0.25) is 0 Å². The van der Waals surface area contributed by atoms with Crippen molar-refractivity contribution in [3.05, 3.63) is 0 Å². The summed E-state index contributed by atoms with van der Waals surface area (Å²) >= 11 is 0. The highest BCUT2D eigenvalue weighted by molar-refractivity contribution is 7.84. The Hall–Kier alpha value is 0.110. The van der Waals surface area contributed by atoms with Gasteiger partial charge < -0.3 is 5.32 Å². The zero-order chi connectivity index (χ0) is 12.6. The van der Waals surface area contributed by atoms with E-state index in [1.807, 2.05) is 0 Å². The Kier molecular flexibility index (Phi) is 9.24. The maximum Gasteiger partial charge on any atom is 0.0329 e. The molecule has 1 N–H and O–H groups in total. The van der Waals surface area contributed by atoms with Crippen LogP contribution in [-0.2, 0) is 10.8 Å². The molecule has 3 heteroatoms.